The minimum absolute atomic E-state index is 0.0229. The van der Waals surface area contributed by atoms with Gasteiger partial charge < -0.3 is 4.90 Å². The van der Waals surface area contributed by atoms with Gasteiger partial charge in [0.25, 0.3) is 0 Å². The number of nitrogens with zero attached hydrogens (tertiary/aromatic N) is 3. The number of aryl methyl sites for hydroxylation is 1. The number of rotatable bonds is 4. The summed E-state index contributed by atoms with van der Waals surface area (Å²) < 4.78 is 25.1. The molecule has 118 valence electrons. The molecule has 1 aromatic rings. The monoisotopic (exact) mass is 313 g/mol. The predicted molar refractivity (Wildman–Crippen MR) is 80.6 cm³/mol. The van der Waals surface area contributed by atoms with Crippen molar-refractivity contribution in [2.45, 2.75) is 50.9 Å². The summed E-state index contributed by atoms with van der Waals surface area (Å²) >= 11 is 0. The molecule has 1 aliphatic heterocycles. The van der Waals surface area contributed by atoms with Crippen LogP contribution in [0.3, 0.4) is 0 Å². The molecule has 1 saturated heterocycles. The van der Waals surface area contributed by atoms with E-state index in [-0.39, 0.29) is 11.9 Å². The highest BCUT2D eigenvalue weighted by Crippen LogP contribution is 2.21. The molecule has 0 bridgehead atoms. The second-order valence-electron chi connectivity index (χ2n) is 5.89. The van der Waals surface area contributed by atoms with E-state index < -0.39 is 15.1 Å². The van der Waals surface area contributed by atoms with Crippen molar-refractivity contribution in [3.05, 3.63) is 18.0 Å². The molecular formula is C14H23N3O3S. The van der Waals surface area contributed by atoms with Crippen molar-refractivity contribution in [1.82, 2.24) is 14.7 Å². The van der Waals surface area contributed by atoms with Crippen LogP contribution in [-0.4, -0.2) is 53.1 Å². The molecule has 1 amide bonds. The summed E-state index contributed by atoms with van der Waals surface area (Å²) in [5, 5.41) is 3.28. The fourth-order valence-corrected chi connectivity index (χ4v) is 3.18. The van der Waals surface area contributed by atoms with Gasteiger partial charge in [-0.15, -0.1) is 0 Å². The Bertz CT molecular complexity index is 609. The Morgan fingerprint density at radius 3 is 2.76 bits per heavy atom. The predicted octanol–water partition coefficient (Wildman–Crippen LogP) is 1.01. The average molecular weight is 313 g/mol. The SMILES string of the molecule is Cc1cnn(CC2CCCCN2C(=O)C(C)S(C)(=O)=O)c1. The van der Waals surface area contributed by atoms with Gasteiger partial charge in [-0.2, -0.15) is 5.10 Å². The summed E-state index contributed by atoms with van der Waals surface area (Å²) in [6, 6.07) is 0.0229. The van der Waals surface area contributed by atoms with Crippen molar-refractivity contribution in [3.63, 3.8) is 0 Å². The Morgan fingerprint density at radius 1 is 1.48 bits per heavy atom. The number of carbonyl (C=O) groups is 1. The molecule has 2 atom stereocenters. The molecule has 1 aliphatic rings. The van der Waals surface area contributed by atoms with Crippen LogP contribution in [0.5, 0.6) is 0 Å². The van der Waals surface area contributed by atoms with Gasteiger partial charge in [0, 0.05) is 19.0 Å². The van der Waals surface area contributed by atoms with Crippen LogP contribution in [0.25, 0.3) is 0 Å². The number of hydrogen-bond acceptors (Lipinski definition) is 4. The zero-order chi connectivity index (χ0) is 15.6. The maximum Gasteiger partial charge on any atom is 0.240 e. The van der Waals surface area contributed by atoms with Gasteiger partial charge in [0.15, 0.2) is 9.84 Å². The number of likely N-dealkylation sites (tertiary alicyclic amines) is 1. The number of amides is 1. The molecular weight excluding hydrogens is 290 g/mol. The number of hydrogen-bond donors (Lipinski definition) is 0. The van der Waals surface area contributed by atoms with Gasteiger partial charge in [0.05, 0.1) is 18.8 Å². The highest BCUT2D eigenvalue weighted by Gasteiger charge is 2.34. The summed E-state index contributed by atoms with van der Waals surface area (Å²) in [5.41, 5.74) is 1.08. The first-order valence-electron chi connectivity index (χ1n) is 7.27. The van der Waals surface area contributed by atoms with Gasteiger partial charge in [-0.25, -0.2) is 8.42 Å². The first kappa shape index (κ1) is 16.0. The summed E-state index contributed by atoms with van der Waals surface area (Å²) in [4.78, 5) is 14.2. The van der Waals surface area contributed by atoms with Gasteiger partial charge in [0.2, 0.25) is 5.91 Å². The second-order valence-corrected chi connectivity index (χ2v) is 8.26. The fourth-order valence-electron chi connectivity index (χ4n) is 2.68. The first-order chi connectivity index (χ1) is 9.79. The quantitative estimate of drug-likeness (QED) is 0.831. The molecule has 2 heterocycles. The molecule has 0 aliphatic carbocycles. The summed E-state index contributed by atoms with van der Waals surface area (Å²) in [6.45, 7) is 4.69. The van der Waals surface area contributed by atoms with Crippen LogP contribution in [0.4, 0.5) is 0 Å². The van der Waals surface area contributed by atoms with Crippen molar-refractivity contribution in [1.29, 1.82) is 0 Å². The minimum atomic E-state index is -3.36. The van der Waals surface area contributed by atoms with E-state index in [1.807, 2.05) is 17.8 Å². The number of sulfone groups is 1. The molecule has 1 aromatic heterocycles. The Kier molecular flexibility index (Phi) is 4.70. The van der Waals surface area contributed by atoms with Crippen LogP contribution in [0.1, 0.15) is 31.7 Å². The lowest BCUT2D eigenvalue weighted by Crippen LogP contribution is -2.50. The van der Waals surface area contributed by atoms with Crippen molar-refractivity contribution >= 4 is 15.7 Å². The molecule has 21 heavy (non-hydrogen) atoms. The third-order valence-electron chi connectivity index (χ3n) is 4.06. The summed E-state index contributed by atoms with van der Waals surface area (Å²) in [6.07, 6.45) is 7.72. The average Bonchev–Trinajstić information content (AvgIpc) is 2.82. The van der Waals surface area contributed by atoms with E-state index in [0.717, 1.165) is 31.1 Å². The van der Waals surface area contributed by atoms with Crippen molar-refractivity contribution in [3.8, 4) is 0 Å². The maximum absolute atomic E-state index is 12.5. The highest BCUT2D eigenvalue weighted by molar-refractivity contribution is 7.92. The van der Waals surface area contributed by atoms with Crippen molar-refractivity contribution in [2.24, 2.45) is 0 Å². The molecule has 1 fully saturated rings. The zero-order valence-corrected chi connectivity index (χ0v) is 13.6. The minimum Gasteiger partial charge on any atom is -0.337 e. The topological polar surface area (TPSA) is 72.3 Å². The molecule has 0 N–H and O–H groups in total. The summed E-state index contributed by atoms with van der Waals surface area (Å²) in [7, 11) is -3.36. The molecule has 0 spiro atoms. The van der Waals surface area contributed by atoms with Crippen LogP contribution in [-0.2, 0) is 21.2 Å². The zero-order valence-electron chi connectivity index (χ0n) is 12.8. The summed E-state index contributed by atoms with van der Waals surface area (Å²) in [5.74, 6) is -0.286. The van der Waals surface area contributed by atoms with E-state index >= 15 is 0 Å². The number of piperidine rings is 1. The third-order valence-corrected chi connectivity index (χ3v) is 5.55. The third kappa shape index (κ3) is 3.84. The lowest BCUT2D eigenvalue weighted by molar-refractivity contribution is -0.134. The molecule has 7 heteroatoms. The highest BCUT2D eigenvalue weighted by atomic mass is 32.2. The van der Waals surface area contributed by atoms with Gasteiger partial charge in [-0.3, -0.25) is 9.48 Å². The van der Waals surface area contributed by atoms with E-state index in [2.05, 4.69) is 5.10 Å². The van der Waals surface area contributed by atoms with Gasteiger partial charge in [-0.1, -0.05) is 0 Å². The van der Waals surface area contributed by atoms with Gasteiger partial charge >= 0.3 is 0 Å². The van der Waals surface area contributed by atoms with E-state index in [1.165, 1.54) is 6.92 Å². The Labute approximate surface area is 126 Å². The van der Waals surface area contributed by atoms with Crippen LogP contribution >= 0.6 is 0 Å². The van der Waals surface area contributed by atoms with Gasteiger partial charge in [-0.05, 0) is 38.7 Å². The molecule has 0 radical (unpaired) electrons. The van der Waals surface area contributed by atoms with Crippen LogP contribution in [0, 0.1) is 6.92 Å². The second kappa shape index (κ2) is 6.17. The van der Waals surface area contributed by atoms with Crippen LogP contribution in [0.2, 0.25) is 0 Å². The van der Waals surface area contributed by atoms with E-state index in [1.54, 1.807) is 11.1 Å². The molecule has 2 rings (SSSR count). The van der Waals surface area contributed by atoms with Crippen LogP contribution < -0.4 is 0 Å². The van der Waals surface area contributed by atoms with E-state index in [4.69, 9.17) is 0 Å². The molecule has 2 unspecified atom stereocenters. The van der Waals surface area contributed by atoms with Crippen LogP contribution in [0.15, 0.2) is 12.4 Å². The lowest BCUT2D eigenvalue weighted by atomic mass is 10.0. The Morgan fingerprint density at radius 2 is 2.19 bits per heavy atom. The Balaban J connectivity index is 2.13. The van der Waals surface area contributed by atoms with Crippen molar-refractivity contribution in [2.75, 3.05) is 12.8 Å². The fraction of sp³-hybridized carbons (Fsp3) is 0.714. The first-order valence-corrected chi connectivity index (χ1v) is 9.23. The Hall–Kier alpha value is -1.37. The van der Waals surface area contributed by atoms with Crippen molar-refractivity contribution < 1.29 is 13.2 Å². The van der Waals surface area contributed by atoms with Gasteiger partial charge in [0.1, 0.15) is 5.25 Å². The molecule has 6 nitrogen and oxygen atoms in total. The lowest BCUT2D eigenvalue weighted by Gasteiger charge is -2.37. The number of carbonyl (C=O) groups excluding carboxylic acids is 1. The maximum atomic E-state index is 12.5. The normalized spacial score (nSPS) is 21.3. The van der Waals surface area contributed by atoms with E-state index in [9.17, 15) is 13.2 Å². The largest absolute Gasteiger partial charge is 0.337 e. The molecule has 0 saturated carbocycles. The number of aromatic nitrogens is 2. The van der Waals surface area contributed by atoms with E-state index in [0.29, 0.717) is 13.1 Å². The smallest absolute Gasteiger partial charge is 0.240 e. The standard InChI is InChI=1S/C14H23N3O3S/c1-11-8-15-16(9-11)10-13-6-4-5-7-17(13)14(18)12(2)21(3,19)20/h8-9,12-13H,4-7,10H2,1-3H3. The molecule has 0 aromatic carbocycles.